The molecular weight excluding hydrogens is 216 g/mol. The van der Waals surface area contributed by atoms with E-state index < -0.39 is 0 Å². The number of fused-ring (bicyclic) bond motifs is 1. The molecule has 0 bridgehead atoms. The molecule has 4 nitrogen and oxygen atoms in total. The summed E-state index contributed by atoms with van der Waals surface area (Å²) in [5, 5.41) is 0. The minimum absolute atomic E-state index is 0.492. The zero-order valence-electron chi connectivity index (χ0n) is 9.69. The van der Waals surface area contributed by atoms with E-state index in [0.29, 0.717) is 19.1 Å². The van der Waals surface area contributed by atoms with Crippen LogP contribution in [0.25, 0.3) is 0 Å². The van der Waals surface area contributed by atoms with Crippen molar-refractivity contribution in [1.82, 2.24) is 0 Å². The van der Waals surface area contributed by atoms with Crippen LogP contribution in [0.5, 0.6) is 11.5 Å². The molecule has 0 radical (unpaired) electrons. The van der Waals surface area contributed by atoms with E-state index in [2.05, 4.69) is 4.99 Å². The van der Waals surface area contributed by atoms with Crippen molar-refractivity contribution in [2.45, 2.75) is 19.3 Å². The molecule has 4 heteroatoms. The first-order valence-corrected chi connectivity index (χ1v) is 6.06. The topological polar surface area (TPSA) is 56.8 Å². The summed E-state index contributed by atoms with van der Waals surface area (Å²) in [6.07, 6.45) is 3.25. The van der Waals surface area contributed by atoms with E-state index in [-0.39, 0.29) is 0 Å². The van der Waals surface area contributed by atoms with Crippen molar-refractivity contribution in [1.29, 1.82) is 0 Å². The fourth-order valence-corrected chi connectivity index (χ4v) is 1.84. The highest BCUT2D eigenvalue weighted by atomic mass is 16.5. The Hall–Kier alpha value is -1.71. The van der Waals surface area contributed by atoms with Gasteiger partial charge in [-0.1, -0.05) is 0 Å². The first-order chi connectivity index (χ1) is 8.33. The summed E-state index contributed by atoms with van der Waals surface area (Å²) in [7, 11) is 0. The molecular formula is C13H16N2O2. The molecule has 1 aliphatic carbocycles. The van der Waals surface area contributed by atoms with E-state index in [1.165, 1.54) is 12.8 Å². The molecule has 1 aromatic carbocycles. The fourth-order valence-electron chi connectivity index (χ4n) is 1.84. The molecule has 0 aromatic heterocycles. The summed E-state index contributed by atoms with van der Waals surface area (Å²) in [6, 6.07) is 5.72. The lowest BCUT2D eigenvalue weighted by atomic mass is 10.2. The van der Waals surface area contributed by atoms with Crippen LogP contribution in [-0.4, -0.2) is 19.0 Å². The summed E-state index contributed by atoms with van der Waals surface area (Å²) < 4.78 is 11.2. The molecule has 17 heavy (non-hydrogen) atoms. The van der Waals surface area contributed by atoms with Crippen LogP contribution in [-0.2, 0) is 0 Å². The first-order valence-electron chi connectivity index (χ1n) is 6.06. The molecule has 0 spiro atoms. The number of benzene rings is 1. The third kappa shape index (κ3) is 2.35. The van der Waals surface area contributed by atoms with Crippen LogP contribution in [0, 0.1) is 5.92 Å². The maximum Gasteiger partial charge on any atom is 0.163 e. The molecule has 90 valence electrons. The lowest BCUT2D eigenvalue weighted by molar-refractivity contribution is 0.297. The lowest BCUT2D eigenvalue weighted by Gasteiger charge is -2.07. The van der Waals surface area contributed by atoms with E-state index >= 15 is 0 Å². The van der Waals surface area contributed by atoms with E-state index in [4.69, 9.17) is 15.2 Å². The summed E-state index contributed by atoms with van der Waals surface area (Å²) in [5.41, 5.74) is 6.74. The van der Waals surface area contributed by atoms with E-state index in [9.17, 15) is 0 Å². The van der Waals surface area contributed by atoms with Crippen LogP contribution in [0.2, 0.25) is 0 Å². The summed E-state index contributed by atoms with van der Waals surface area (Å²) in [4.78, 5) is 4.42. The monoisotopic (exact) mass is 232 g/mol. The van der Waals surface area contributed by atoms with Crippen molar-refractivity contribution in [3.8, 4) is 11.5 Å². The molecule has 1 heterocycles. The summed E-state index contributed by atoms with van der Waals surface area (Å²) in [5.74, 6) is 2.80. The van der Waals surface area contributed by atoms with Gasteiger partial charge in [-0.15, -0.1) is 0 Å². The predicted octanol–water partition coefficient (Wildman–Crippen LogP) is 2.25. The molecule has 1 saturated carbocycles. The van der Waals surface area contributed by atoms with Gasteiger partial charge in [-0.05, 0) is 25.0 Å². The number of aliphatic imine (C=N–C) groups is 1. The van der Waals surface area contributed by atoms with Crippen LogP contribution in [0.4, 0.5) is 5.69 Å². The van der Waals surface area contributed by atoms with Crippen LogP contribution in [0.1, 0.15) is 19.3 Å². The summed E-state index contributed by atoms with van der Waals surface area (Å²) >= 11 is 0. The molecule has 1 aliphatic heterocycles. The van der Waals surface area contributed by atoms with Gasteiger partial charge in [0.15, 0.2) is 11.5 Å². The molecule has 0 atom stereocenters. The highest BCUT2D eigenvalue weighted by Gasteiger charge is 2.25. The molecule has 0 amide bonds. The minimum atomic E-state index is 0.492. The Morgan fingerprint density at radius 2 is 1.94 bits per heavy atom. The maximum absolute atomic E-state index is 5.90. The Morgan fingerprint density at radius 3 is 2.71 bits per heavy atom. The molecule has 0 saturated heterocycles. The van der Waals surface area contributed by atoms with Crippen molar-refractivity contribution in [3.63, 3.8) is 0 Å². The van der Waals surface area contributed by atoms with E-state index in [1.54, 1.807) is 0 Å². The molecule has 1 aromatic rings. The van der Waals surface area contributed by atoms with Gasteiger partial charge in [-0.25, -0.2) is 4.99 Å². The standard InChI is InChI=1S/C13H16N2O2/c14-13(9-2-3-9)15-10-4-5-11-12(8-10)17-7-1-6-16-11/h4-5,8-9H,1-3,6-7H2,(H2,14,15). The second-order valence-corrected chi connectivity index (χ2v) is 4.49. The van der Waals surface area contributed by atoms with Crippen molar-refractivity contribution in [2.75, 3.05) is 13.2 Å². The van der Waals surface area contributed by atoms with Gasteiger partial charge >= 0.3 is 0 Å². The quantitative estimate of drug-likeness (QED) is 0.628. The van der Waals surface area contributed by atoms with Crippen LogP contribution < -0.4 is 15.2 Å². The molecule has 0 unspecified atom stereocenters. The Kier molecular flexibility index (Phi) is 2.63. The highest BCUT2D eigenvalue weighted by molar-refractivity contribution is 5.87. The van der Waals surface area contributed by atoms with Crippen molar-refractivity contribution in [3.05, 3.63) is 18.2 Å². The fraction of sp³-hybridized carbons (Fsp3) is 0.462. The number of ether oxygens (including phenoxy) is 2. The summed E-state index contributed by atoms with van der Waals surface area (Å²) in [6.45, 7) is 1.40. The first kappa shape index (κ1) is 10.4. The van der Waals surface area contributed by atoms with Gasteiger partial charge in [0.1, 0.15) is 5.84 Å². The van der Waals surface area contributed by atoms with Gasteiger partial charge in [-0.3, -0.25) is 0 Å². The van der Waals surface area contributed by atoms with Crippen LogP contribution in [0.3, 0.4) is 0 Å². The van der Waals surface area contributed by atoms with Gasteiger partial charge in [0, 0.05) is 18.4 Å². The number of rotatable bonds is 2. The Balaban J connectivity index is 1.86. The number of nitrogens with two attached hydrogens (primary N) is 1. The largest absolute Gasteiger partial charge is 0.490 e. The van der Waals surface area contributed by atoms with Crippen molar-refractivity contribution < 1.29 is 9.47 Å². The third-order valence-corrected chi connectivity index (χ3v) is 2.98. The van der Waals surface area contributed by atoms with Crippen molar-refractivity contribution >= 4 is 11.5 Å². The van der Waals surface area contributed by atoms with Gasteiger partial charge in [0.25, 0.3) is 0 Å². The van der Waals surface area contributed by atoms with E-state index in [0.717, 1.165) is 29.4 Å². The van der Waals surface area contributed by atoms with Gasteiger partial charge < -0.3 is 15.2 Å². The molecule has 2 N–H and O–H groups in total. The maximum atomic E-state index is 5.90. The number of hydrogen-bond acceptors (Lipinski definition) is 3. The van der Waals surface area contributed by atoms with Gasteiger partial charge in [0.2, 0.25) is 0 Å². The number of nitrogens with zero attached hydrogens (tertiary/aromatic N) is 1. The lowest BCUT2D eigenvalue weighted by Crippen LogP contribution is -2.12. The smallest absolute Gasteiger partial charge is 0.163 e. The van der Waals surface area contributed by atoms with Crippen molar-refractivity contribution in [2.24, 2.45) is 16.6 Å². The number of amidine groups is 1. The molecule has 3 rings (SSSR count). The second kappa shape index (κ2) is 4.28. The van der Waals surface area contributed by atoms with E-state index in [1.807, 2.05) is 18.2 Å². The SMILES string of the molecule is NC(=Nc1ccc2c(c1)OCCCO2)C1CC1. The highest BCUT2D eigenvalue weighted by Crippen LogP contribution is 2.35. The third-order valence-electron chi connectivity index (χ3n) is 2.98. The average Bonchev–Trinajstić information content (AvgIpc) is 3.16. The van der Waals surface area contributed by atoms with Gasteiger partial charge in [0.05, 0.1) is 18.9 Å². The van der Waals surface area contributed by atoms with Crippen LogP contribution >= 0.6 is 0 Å². The Morgan fingerprint density at radius 1 is 1.18 bits per heavy atom. The minimum Gasteiger partial charge on any atom is -0.490 e. The average molecular weight is 232 g/mol. The number of hydrogen-bond donors (Lipinski definition) is 1. The second-order valence-electron chi connectivity index (χ2n) is 4.49. The normalized spacial score (nSPS) is 19.9. The van der Waals surface area contributed by atoms with Gasteiger partial charge in [-0.2, -0.15) is 0 Å². The van der Waals surface area contributed by atoms with Crippen LogP contribution in [0.15, 0.2) is 23.2 Å². The zero-order chi connectivity index (χ0) is 11.7. The zero-order valence-corrected chi connectivity index (χ0v) is 9.69. The molecule has 2 aliphatic rings. The molecule has 1 fully saturated rings. The Bertz CT molecular complexity index is 453. The predicted molar refractivity (Wildman–Crippen MR) is 66.1 cm³/mol. The Labute approximate surface area is 100 Å².